The third-order valence-corrected chi connectivity index (χ3v) is 7.66. The Morgan fingerprint density at radius 3 is 2.23 bits per heavy atom. The lowest BCUT2D eigenvalue weighted by Crippen LogP contribution is -2.38. The van der Waals surface area contributed by atoms with Crippen molar-refractivity contribution in [3.63, 3.8) is 0 Å². The second-order valence-electron chi connectivity index (χ2n) is 10.1. The smallest absolute Gasteiger partial charge is 0.407 e. The topological polar surface area (TPSA) is 105 Å². The number of fused-ring (bicyclic) bond motifs is 3. The summed E-state index contributed by atoms with van der Waals surface area (Å²) in [6, 6.07) is 16.3. The number of carbonyl (C=O) groups excluding carboxylic acids is 2. The van der Waals surface area contributed by atoms with Crippen LogP contribution in [0.25, 0.3) is 11.1 Å². The molecule has 7 heteroatoms. The van der Waals surface area contributed by atoms with Gasteiger partial charge in [0.15, 0.2) is 0 Å². The van der Waals surface area contributed by atoms with Crippen molar-refractivity contribution in [2.24, 2.45) is 17.8 Å². The van der Waals surface area contributed by atoms with Crippen molar-refractivity contribution in [3.05, 3.63) is 59.7 Å². The Morgan fingerprint density at radius 2 is 1.60 bits per heavy atom. The van der Waals surface area contributed by atoms with Crippen molar-refractivity contribution in [1.29, 1.82) is 0 Å². The zero-order valence-electron chi connectivity index (χ0n) is 19.7. The summed E-state index contributed by atoms with van der Waals surface area (Å²) in [4.78, 5) is 36.6. The molecule has 3 N–H and O–H groups in total. The van der Waals surface area contributed by atoms with Crippen LogP contribution in [0, 0.1) is 17.8 Å². The maximum Gasteiger partial charge on any atom is 0.407 e. The summed E-state index contributed by atoms with van der Waals surface area (Å²) in [6.07, 6.45) is 4.25. The van der Waals surface area contributed by atoms with E-state index >= 15 is 0 Å². The third kappa shape index (κ3) is 5.34. The van der Waals surface area contributed by atoms with Crippen LogP contribution in [-0.2, 0) is 14.3 Å². The van der Waals surface area contributed by atoms with E-state index in [0.717, 1.165) is 12.8 Å². The lowest BCUT2D eigenvalue weighted by Gasteiger charge is -2.17. The van der Waals surface area contributed by atoms with Crippen molar-refractivity contribution in [2.45, 2.75) is 50.5 Å². The fraction of sp³-hybridized carbons (Fsp3) is 0.464. The van der Waals surface area contributed by atoms with Crippen LogP contribution < -0.4 is 10.6 Å². The first-order valence-electron chi connectivity index (χ1n) is 12.6. The minimum absolute atomic E-state index is 0.00748. The predicted molar refractivity (Wildman–Crippen MR) is 131 cm³/mol. The predicted octanol–water partition coefficient (Wildman–Crippen LogP) is 4.31. The van der Waals surface area contributed by atoms with Gasteiger partial charge in [-0.1, -0.05) is 61.4 Å². The highest BCUT2D eigenvalue weighted by atomic mass is 16.5. The molecule has 2 saturated carbocycles. The molecule has 2 aromatic rings. The number of carboxylic acid groups (broad SMARTS) is 1. The van der Waals surface area contributed by atoms with E-state index in [4.69, 9.17) is 4.74 Å². The standard InChI is InChI=1S/C28H32N2O5/c31-26(29-15-19(27(32)33)13-17-9-10-17)18-11-12-20(14-18)30-28(34)35-16-25-23-7-3-1-5-21(23)22-6-2-4-8-24(22)25/h1-8,17-20,25H,9-16H2,(H,29,31)(H,30,34)(H,32,33). The summed E-state index contributed by atoms with van der Waals surface area (Å²) in [6.45, 7) is 0.430. The van der Waals surface area contributed by atoms with Gasteiger partial charge >= 0.3 is 12.1 Å². The van der Waals surface area contributed by atoms with Gasteiger partial charge in [0.25, 0.3) is 0 Å². The molecule has 184 valence electrons. The summed E-state index contributed by atoms with van der Waals surface area (Å²) in [5.41, 5.74) is 4.70. The van der Waals surface area contributed by atoms with E-state index in [1.807, 2.05) is 24.3 Å². The molecule has 0 spiro atoms. The molecular weight excluding hydrogens is 444 g/mol. The maximum absolute atomic E-state index is 12.6. The summed E-state index contributed by atoms with van der Waals surface area (Å²) in [5.74, 6) is -1.22. The molecule has 35 heavy (non-hydrogen) atoms. The summed E-state index contributed by atoms with van der Waals surface area (Å²) >= 11 is 0. The normalized spacial score (nSPS) is 21.6. The zero-order valence-corrected chi connectivity index (χ0v) is 19.7. The quantitative estimate of drug-likeness (QED) is 0.500. The summed E-state index contributed by atoms with van der Waals surface area (Å²) in [7, 11) is 0. The fourth-order valence-corrected chi connectivity index (χ4v) is 5.55. The largest absolute Gasteiger partial charge is 0.481 e. The SMILES string of the molecule is O=C(NC1CCC(C(=O)NCC(CC2CC2)C(=O)O)C1)OCC1c2ccccc2-c2ccccc21. The van der Waals surface area contributed by atoms with Gasteiger partial charge in [0.1, 0.15) is 6.61 Å². The van der Waals surface area contributed by atoms with Crippen molar-refractivity contribution in [1.82, 2.24) is 10.6 Å². The Labute approximate surface area is 205 Å². The Hall–Kier alpha value is -3.35. The summed E-state index contributed by atoms with van der Waals surface area (Å²) in [5, 5.41) is 15.1. The second-order valence-corrected chi connectivity index (χ2v) is 10.1. The number of hydrogen-bond acceptors (Lipinski definition) is 4. The van der Waals surface area contributed by atoms with Gasteiger partial charge in [-0.15, -0.1) is 0 Å². The highest BCUT2D eigenvalue weighted by Crippen LogP contribution is 2.44. The fourth-order valence-electron chi connectivity index (χ4n) is 5.55. The number of amides is 2. The van der Waals surface area contributed by atoms with E-state index in [9.17, 15) is 19.5 Å². The van der Waals surface area contributed by atoms with E-state index in [-0.39, 0.29) is 36.9 Å². The molecule has 0 bridgehead atoms. The third-order valence-electron chi connectivity index (χ3n) is 7.66. The lowest BCUT2D eigenvalue weighted by atomic mass is 9.98. The Kier molecular flexibility index (Phi) is 6.75. The van der Waals surface area contributed by atoms with Gasteiger partial charge < -0.3 is 20.5 Å². The average molecular weight is 477 g/mol. The van der Waals surface area contributed by atoms with Crippen molar-refractivity contribution < 1.29 is 24.2 Å². The van der Waals surface area contributed by atoms with Crippen LogP contribution in [0.3, 0.4) is 0 Å². The molecule has 7 nitrogen and oxygen atoms in total. The number of aliphatic carboxylic acids is 1. The minimum atomic E-state index is -0.849. The van der Waals surface area contributed by atoms with Gasteiger partial charge in [-0.05, 0) is 53.9 Å². The summed E-state index contributed by atoms with van der Waals surface area (Å²) < 4.78 is 5.63. The van der Waals surface area contributed by atoms with Crippen molar-refractivity contribution in [2.75, 3.05) is 13.2 Å². The van der Waals surface area contributed by atoms with E-state index in [2.05, 4.69) is 34.9 Å². The van der Waals surface area contributed by atoms with Gasteiger partial charge in [-0.2, -0.15) is 0 Å². The van der Waals surface area contributed by atoms with Gasteiger partial charge in [0.05, 0.1) is 5.92 Å². The number of alkyl carbamates (subject to hydrolysis) is 1. The van der Waals surface area contributed by atoms with Gasteiger partial charge in [-0.3, -0.25) is 9.59 Å². The van der Waals surface area contributed by atoms with Crippen LogP contribution in [0.2, 0.25) is 0 Å². The van der Waals surface area contributed by atoms with Gasteiger partial charge in [-0.25, -0.2) is 4.79 Å². The number of carboxylic acids is 1. The molecule has 0 aromatic heterocycles. The molecule has 2 amide bonds. The molecule has 3 aliphatic rings. The van der Waals surface area contributed by atoms with Crippen molar-refractivity contribution in [3.8, 4) is 11.1 Å². The van der Waals surface area contributed by atoms with E-state index in [1.54, 1.807) is 0 Å². The molecule has 3 aliphatic carbocycles. The molecular formula is C28H32N2O5. The molecule has 0 radical (unpaired) electrons. The molecule has 3 unspecified atom stereocenters. The first-order chi connectivity index (χ1) is 17.0. The number of carbonyl (C=O) groups is 3. The molecule has 2 fully saturated rings. The van der Waals surface area contributed by atoms with Crippen LogP contribution in [0.1, 0.15) is 55.6 Å². The minimum Gasteiger partial charge on any atom is -0.481 e. The van der Waals surface area contributed by atoms with Crippen molar-refractivity contribution >= 4 is 18.0 Å². The Balaban J connectivity index is 1.09. The van der Waals surface area contributed by atoms with Crippen LogP contribution >= 0.6 is 0 Å². The first kappa shape index (κ1) is 23.4. The molecule has 2 aromatic carbocycles. The monoisotopic (exact) mass is 476 g/mol. The van der Waals surface area contributed by atoms with Crippen LogP contribution in [0.5, 0.6) is 0 Å². The van der Waals surface area contributed by atoms with E-state index in [0.29, 0.717) is 31.6 Å². The highest BCUT2D eigenvalue weighted by Gasteiger charge is 2.34. The number of benzene rings is 2. The maximum atomic E-state index is 12.6. The molecule has 0 aliphatic heterocycles. The number of ether oxygens (including phenoxy) is 1. The molecule has 0 saturated heterocycles. The molecule has 5 rings (SSSR count). The molecule has 0 heterocycles. The van der Waals surface area contributed by atoms with Crippen LogP contribution in [0.4, 0.5) is 4.79 Å². The number of rotatable bonds is 9. The average Bonchev–Trinajstić information content (AvgIpc) is 3.46. The lowest BCUT2D eigenvalue weighted by molar-refractivity contribution is -0.142. The van der Waals surface area contributed by atoms with E-state index < -0.39 is 18.0 Å². The number of nitrogens with one attached hydrogen (secondary N) is 2. The highest BCUT2D eigenvalue weighted by molar-refractivity contribution is 5.80. The Bertz CT molecular complexity index is 1070. The second kappa shape index (κ2) is 10.1. The van der Waals surface area contributed by atoms with Gasteiger partial charge in [0, 0.05) is 24.4 Å². The van der Waals surface area contributed by atoms with Crippen LogP contribution in [-0.4, -0.2) is 42.3 Å². The van der Waals surface area contributed by atoms with E-state index in [1.165, 1.54) is 22.3 Å². The Morgan fingerprint density at radius 1 is 0.943 bits per heavy atom. The number of hydrogen-bond donors (Lipinski definition) is 3. The zero-order chi connectivity index (χ0) is 24.4. The van der Waals surface area contributed by atoms with Crippen LogP contribution in [0.15, 0.2) is 48.5 Å². The van der Waals surface area contributed by atoms with Gasteiger partial charge in [0.2, 0.25) is 5.91 Å². The first-order valence-corrected chi connectivity index (χ1v) is 12.6. The molecule has 3 atom stereocenters.